The molecule has 26 heavy (non-hydrogen) atoms. The Morgan fingerprint density at radius 2 is 1.81 bits per heavy atom. The van der Waals surface area contributed by atoms with Crippen LogP contribution in [0.2, 0.25) is 0 Å². The van der Waals surface area contributed by atoms with Gasteiger partial charge in [0, 0.05) is 17.1 Å². The van der Waals surface area contributed by atoms with Crippen molar-refractivity contribution in [3.05, 3.63) is 30.1 Å². The van der Waals surface area contributed by atoms with Crippen molar-refractivity contribution >= 4 is 22.9 Å². The van der Waals surface area contributed by atoms with Gasteiger partial charge in [-0.2, -0.15) is 0 Å². The van der Waals surface area contributed by atoms with Crippen molar-refractivity contribution in [3.8, 4) is 0 Å². The smallest absolute Gasteiger partial charge is 0.309 e. The summed E-state index contributed by atoms with van der Waals surface area (Å²) in [5.41, 5.74) is 1.82. The van der Waals surface area contributed by atoms with Gasteiger partial charge in [0.15, 0.2) is 0 Å². The summed E-state index contributed by atoms with van der Waals surface area (Å²) in [6.07, 6.45) is 8.49. The first-order valence-corrected chi connectivity index (χ1v) is 9.53. The van der Waals surface area contributed by atoms with E-state index in [4.69, 9.17) is 0 Å². The maximum atomic E-state index is 12.9. The monoisotopic (exact) mass is 353 g/mol. The number of carboxylic acid groups (broad SMARTS) is 1. The van der Waals surface area contributed by atoms with Gasteiger partial charge in [-0.15, -0.1) is 0 Å². The Balaban J connectivity index is 1.37. The molecule has 6 heteroatoms. The molecule has 1 aromatic heterocycles. The molecule has 0 aliphatic heterocycles. The first-order valence-electron chi connectivity index (χ1n) is 9.53. The fraction of sp³-hybridized carbons (Fsp3) is 0.550. The van der Waals surface area contributed by atoms with Gasteiger partial charge in [0.25, 0.3) is 5.91 Å². The number of benzene rings is 1. The van der Waals surface area contributed by atoms with Gasteiger partial charge < -0.3 is 15.0 Å². The second kappa shape index (κ2) is 5.32. The fourth-order valence-corrected chi connectivity index (χ4v) is 4.82. The fourth-order valence-electron chi connectivity index (χ4n) is 4.82. The Labute approximate surface area is 151 Å². The number of rotatable bonds is 4. The number of imidazole rings is 1. The standard InChI is InChI=1S/C20H23N3O3/c24-17(22-20-8-5-19(6-9-20,7-10-20)18(25)26)13-1-4-15-16(11-13)23(12-21-15)14-2-3-14/h1,4,11-12,14H,2-3,5-10H2,(H,22,24)(H,25,26). The number of aliphatic carboxylic acids is 1. The first kappa shape index (κ1) is 15.9. The number of amides is 1. The van der Waals surface area contributed by atoms with E-state index in [9.17, 15) is 14.7 Å². The van der Waals surface area contributed by atoms with Gasteiger partial charge in [0.1, 0.15) is 0 Å². The molecular weight excluding hydrogens is 330 g/mol. The van der Waals surface area contributed by atoms with Gasteiger partial charge in [-0.05, 0) is 69.6 Å². The normalized spacial score (nSPS) is 30.5. The third-order valence-electron chi connectivity index (χ3n) is 6.86. The Morgan fingerprint density at radius 1 is 1.12 bits per heavy atom. The first-order chi connectivity index (χ1) is 12.5. The molecule has 2 aromatic rings. The summed E-state index contributed by atoms with van der Waals surface area (Å²) in [6.45, 7) is 0. The number of aromatic nitrogens is 2. The molecule has 1 amide bonds. The minimum Gasteiger partial charge on any atom is -0.481 e. The van der Waals surface area contributed by atoms with Gasteiger partial charge in [-0.1, -0.05) is 0 Å². The third-order valence-corrected chi connectivity index (χ3v) is 6.86. The largest absolute Gasteiger partial charge is 0.481 e. The highest BCUT2D eigenvalue weighted by Gasteiger charge is 2.53. The molecule has 4 aliphatic rings. The highest BCUT2D eigenvalue weighted by molar-refractivity contribution is 5.98. The van der Waals surface area contributed by atoms with Crippen LogP contribution in [0.3, 0.4) is 0 Å². The van der Waals surface area contributed by atoms with Gasteiger partial charge >= 0.3 is 5.97 Å². The maximum absolute atomic E-state index is 12.9. The average molecular weight is 353 g/mol. The number of carbonyl (C=O) groups is 2. The molecule has 6 nitrogen and oxygen atoms in total. The van der Waals surface area contributed by atoms with E-state index in [1.165, 1.54) is 12.8 Å². The maximum Gasteiger partial charge on any atom is 0.309 e. The molecule has 6 rings (SSSR count). The van der Waals surface area contributed by atoms with Crippen molar-refractivity contribution in [2.75, 3.05) is 0 Å². The molecular formula is C20H23N3O3. The molecule has 0 spiro atoms. The molecule has 0 radical (unpaired) electrons. The lowest BCUT2D eigenvalue weighted by molar-refractivity contribution is -0.156. The van der Waals surface area contributed by atoms with Crippen molar-refractivity contribution in [3.63, 3.8) is 0 Å². The van der Waals surface area contributed by atoms with E-state index in [-0.39, 0.29) is 11.4 Å². The minimum atomic E-state index is -0.670. The van der Waals surface area contributed by atoms with Crippen LogP contribution < -0.4 is 5.32 Å². The molecule has 2 bridgehead atoms. The average Bonchev–Trinajstić information content (AvgIpc) is 3.41. The molecule has 1 aromatic carbocycles. The quantitative estimate of drug-likeness (QED) is 0.883. The summed E-state index contributed by atoms with van der Waals surface area (Å²) in [4.78, 5) is 28.9. The van der Waals surface area contributed by atoms with E-state index in [0.717, 1.165) is 30.3 Å². The lowest BCUT2D eigenvalue weighted by atomic mass is 9.57. The number of hydrogen-bond donors (Lipinski definition) is 2. The highest BCUT2D eigenvalue weighted by atomic mass is 16.4. The van der Waals surface area contributed by atoms with Crippen LogP contribution in [0.25, 0.3) is 11.0 Å². The number of carboxylic acids is 1. The molecule has 0 saturated heterocycles. The van der Waals surface area contributed by atoms with E-state index in [1.807, 2.05) is 24.5 Å². The Bertz CT molecular complexity index is 888. The van der Waals surface area contributed by atoms with Crippen LogP contribution in [0.1, 0.15) is 67.8 Å². The second-order valence-corrected chi connectivity index (χ2v) is 8.41. The zero-order chi connectivity index (χ0) is 17.9. The highest BCUT2D eigenvalue weighted by Crippen LogP contribution is 2.52. The number of carbonyl (C=O) groups excluding carboxylic acids is 1. The van der Waals surface area contributed by atoms with E-state index in [2.05, 4.69) is 14.9 Å². The van der Waals surface area contributed by atoms with Crippen molar-refractivity contribution in [2.45, 2.75) is 62.9 Å². The van der Waals surface area contributed by atoms with Crippen LogP contribution in [-0.4, -0.2) is 32.1 Å². The number of hydrogen-bond acceptors (Lipinski definition) is 3. The summed E-state index contributed by atoms with van der Waals surface area (Å²) in [5, 5.41) is 12.8. The van der Waals surface area contributed by atoms with E-state index >= 15 is 0 Å². The SMILES string of the molecule is O=C(NC12CCC(C(=O)O)(CC1)CC2)c1ccc2ncn(C3CC3)c2c1. The van der Waals surface area contributed by atoms with E-state index < -0.39 is 11.4 Å². The van der Waals surface area contributed by atoms with E-state index in [0.29, 0.717) is 30.9 Å². The Hall–Kier alpha value is -2.37. The Morgan fingerprint density at radius 3 is 2.42 bits per heavy atom. The minimum absolute atomic E-state index is 0.0554. The van der Waals surface area contributed by atoms with Gasteiger partial charge in [0.2, 0.25) is 0 Å². The van der Waals surface area contributed by atoms with Crippen LogP contribution in [0, 0.1) is 5.41 Å². The molecule has 2 N–H and O–H groups in total. The molecule has 4 fully saturated rings. The molecule has 4 saturated carbocycles. The lowest BCUT2D eigenvalue weighted by Gasteiger charge is -2.51. The second-order valence-electron chi connectivity index (χ2n) is 8.41. The van der Waals surface area contributed by atoms with Crippen molar-refractivity contribution in [2.24, 2.45) is 5.41 Å². The zero-order valence-corrected chi connectivity index (χ0v) is 14.7. The molecule has 136 valence electrons. The van der Waals surface area contributed by atoms with Gasteiger partial charge in [0.05, 0.1) is 22.8 Å². The van der Waals surface area contributed by atoms with Crippen LogP contribution in [0.15, 0.2) is 24.5 Å². The number of fused-ring (bicyclic) bond motifs is 4. The predicted molar refractivity (Wildman–Crippen MR) is 96.0 cm³/mol. The summed E-state index contributed by atoms with van der Waals surface area (Å²) < 4.78 is 2.17. The summed E-state index contributed by atoms with van der Waals surface area (Å²) in [6, 6.07) is 6.22. The van der Waals surface area contributed by atoms with E-state index in [1.54, 1.807) is 0 Å². The summed E-state index contributed by atoms with van der Waals surface area (Å²) in [7, 11) is 0. The zero-order valence-electron chi connectivity index (χ0n) is 14.7. The van der Waals surface area contributed by atoms with Gasteiger partial charge in [-0.3, -0.25) is 9.59 Å². The topological polar surface area (TPSA) is 84.2 Å². The molecule has 0 unspecified atom stereocenters. The summed E-state index contributed by atoms with van der Waals surface area (Å²) in [5.74, 6) is -0.726. The lowest BCUT2D eigenvalue weighted by Crippen LogP contribution is -2.58. The van der Waals surface area contributed by atoms with Crippen molar-refractivity contribution in [1.82, 2.24) is 14.9 Å². The number of nitrogens with zero attached hydrogens (tertiary/aromatic N) is 2. The molecule has 0 atom stereocenters. The Kier molecular flexibility index (Phi) is 3.24. The molecule has 1 heterocycles. The third kappa shape index (κ3) is 2.35. The van der Waals surface area contributed by atoms with Crippen LogP contribution in [-0.2, 0) is 4.79 Å². The predicted octanol–water partition coefficient (Wildman–Crippen LogP) is 3.28. The van der Waals surface area contributed by atoms with Crippen molar-refractivity contribution < 1.29 is 14.7 Å². The van der Waals surface area contributed by atoms with Gasteiger partial charge in [-0.25, -0.2) is 4.98 Å². The van der Waals surface area contributed by atoms with Crippen LogP contribution in [0.5, 0.6) is 0 Å². The molecule has 4 aliphatic carbocycles. The summed E-state index contributed by atoms with van der Waals surface area (Å²) >= 11 is 0. The number of nitrogens with one attached hydrogen (secondary N) is 1. The van der Waals surface area contributed by atoms with Crippen LogP contribution >= 0.6 is 0 Å². The van der Waals surface area contributed by atoms with Crippen LogP contribution in [0.4, 0.5) is 0 Å². The van der Waals surface area contributed by atoms with Crippen molar-refractivity contribution in [1.29, 1.82) is 0 Å².